The van der Waals surface area contributed by atoms with Crippen LogP contribution in [0.1, 0.15) is 20.3 Å². The molecule has 22 heavy (non-hydrogen) atoms. The summed E-state index contributed by atoms with van der Waals surface area (Å²) >= 11 is 0. The molecule has 0 aliphatic rings. The Hall–Kier alpha value is -0.730. The highest BCUT2D eigenvalue weighted by molar-refractivity contribution is 5.71. The smallest absolute Gasteiger partial charge is 0.308 e. The molecule has 0 radical (unpaired) electrons. The van der Waals surface area contributed by atoms with Crippen LogP contribution in [0, 0.1) is 5.92 Å². The van der Waals surface area contributed by atoms with Crippen molar-refractivity contribution in [2.75, 3.05) is 65.5 Å². The third kappa shape index (κ3) is 14.2. The Kier molecular flexibility index (Phi) is 16.1. The van der Waals surface area contributed by atoms with Crippen molar-refractivity contribution in [2.24, 2.45) is 11.7 Å². The standard InChI is InChI=1S/C15H35N5O2/c1-3-14(2)15(21)22-13-12-20-11-10-19-9-8-18-7-6-17-5-4-16/h14,17-20H,3-13,16H2,1-2H3. The molecule has 7 nitrogen and oxygen atoms in total. The van der Waals surface area contributed by atoms with E-state index in [4.69, 9.17) is 10.5 Å². The number of ether oxygens (including phenoxy) is 1. The van der Waals surface area contributed by atoms with Gasteiger partial charge in [-0.05, 0) is 6.42 Å². The molecule has 1 unspecified atom stereocenters. The predicted molar refractivity (Wildman–Crippen MR) is 90.9 cm³/mol. The van der Waals surface area contributed by atoms with Crippen LogP contribution in [0.25, 0.3) is 0 Å². The number of nitrogens with two attached hydrogens (primary N) is 1. The monoisotopic (exact) mass is 317 g/mol. The zero-order valence-electron chi connectivity index (χ0n) is 14.2. The predicted octanol–water partition coefficient (Wildman–Crippen LogP) is -1.11. The molecule has 0 aromatic carbocycles. The molecule has 0 aliphatic heterocycles. The molecule has 0 aromatic heterocycles. The molecular weight excluding hydrogens is 282 g/mol. The third-order valence-corrected chi connectivity index (χ3v) is 3.29. The molecule has 0 aromatic rings. The Balaban J connectivity index is 3.10. The zero-order chi connectivity index (χ0) is 16.5. The highest BCUT2D eigenvalue weighted by atomic mass is 16.5. The lowest BCUT2D eigenvalue weighted by molar-refractivity contribution is -0.147. The lowest BCUT2D eigenvalue weighted by atomic mass is 10.1. The van der Waals surface area contributed by atoms with E-state index in [0.29, 0.717) is 19.7 Å². The quantitative estimate of drug-likeness (QED) is 0.182. The summed E-state index contributed by atoms with van der Waals surface area (Å²) in [6.45, 7) is 12.2. The summed E-state index contributed by atoms with van der Waals surface area (Å²) < 4.78 is 5.15. The van der Waals surface area contributed by atoms with Crippen LogP contribution in [0.3, 0.4) is 0 Å². The van der Waals surface area contributed by atoms with Crippen molar-refractivity contribution in [1.29, 1.82) is 0 Å². The van der Waals surface area contributed by atoms with Gasteiger partial charge in [0, 0.05) is 58.9 Å². The molecule has 0 spiro atoms. The van der Waals surface area contributed by atoms with Gasteiger partial charge in [0.2, 0.25) is 0 Å². The highest BCUT2D eigenvalue weighted by Crippen LogP contribution is 2.02. The number of rotatable bonds is 16. The van der Waals surface area contributed by atoms with E-state index in [1.54, 1.807) is 0 Å². The molecule has 0 aliphatic carbocycles. The molecule has 0 saturated heterocycles. The maximum Gasteiger partial charge on any atom is 0.308 e. The lowest BCUT2D eigenvalue weighted by Crippen LogP contribution is -2.36. The first-order valence-corrected chi connectivity index (χ1v) is 8.41. The molecule has 1 atom stereocenters. The Morgan fingerprint density at radius 1 is 0.909 bits per heavy atom. The fraction of sp³-hybridized carbons (Fsp3) is 0.933. The van der Waals surface area contributed by atoms with Gasteiger partial charge >= 0.3 is 5.97 Å². The minimum atomic E-state index is -0.102. The van der Waals surface area contributed by atoms with Gasteiger partial charge in [-0.25, -0.2) is 0 Å². The van der Waals surface area contributed by atoms with Gasteiger partial charge in [0.1, 0.15) is 6.61 Å². The third-order valence-electron chi connectivity index (χ3n) is 3.29. The highest BCUT2D eigenvalue weighted by Gasteiger charge is 2.10. The van der Waals surface area contributed by atoms with E-state index in [-0.39, 0.29) is 11.9 Å². The molecule has 6 N–H and O–H groups in total. The Morgan fingerprint density at radius 2 is 1.36 bits per heavy atom. The number of carbonyl (C=O) groups is 1. The normalized spacial score (nSPS) is 12.3. The van der Waals surface area contributed by atoms with Crippen LogP contribution >= 0.6 is 0 Å². The number of hydrogen-bond donors (Lipinski definition) is 5. The van der Waals surface area contributed by atoms with Gasteiger partial charge < -0.3 is 31.7 Å². The molecule has 0 rings (SSSR count). The summed E-state index contributed by atoms with van der Waals surface area (Å²) in [7, 11) is 0. The van der Waals surface area contributed by atoms with Crippen molar-refractivity contribution in [1.82, 2.24) is 21.3 Å². The van der Waals surface area contributed by atoms with Crippen molar-refractivity contribution in [3.8, 4) is 0 Å². The SMILES string of the molecule is CCC(C)C(=O)OCCNCCNCCNCCNCCN. The second-order valence-corrected chi connectivity index (χ2v) is 5.27. The first-order chi connectivity index (χ1) is 10.7. The number of nitrogens with one attached hydrogen (secondary N) is 4. The second-order valence-electron chi connectivity index (χ2n) is 5.27. The van der Waals surface area contributed by atoms with Gasteiger partial charge in [-0.1, -0.05) is 13.8 Å². The fourth-order valence-corrected chi connectivity index (χ4v) is 1.67. The molecule has 7 heteroatoms. The van der Waals surface area contributed by atoms with E-state index in [1.165, 1.54) is 0 Å². The van der Waals surface area contributed by atoms with E-state index < -0.39 is 0 Å². The maximum absolute atomic E-state index is 11.4. The van der Waals surface area contributed by atoms with Gasteiger partial charge in [0.05, 0.1) is 5.92 Å². The first kappa shape index (κ1) is 21.3. The topological polar surface area (TPSA) is 100 Å². The van der Waals surface area contributed by atoms with Gasteiger partial charge in [0.15, 0.2) is 0 Å². The van der Waals surface area contributed by atoms with E-state index in [0.717, 1.165) is 52.2 Å². The molecule has 132 valence electrons. The summed E-state index contributed by atoms with van der Waals surface area (Å²) in [5, 5.41) is 13.2. The summed E-state index contributed by atoms with van der Waals surface area (Å²) in [6.07, 6.45) is 0.827. The average molecular weight is 317 g/mol. The van der Waals surface area contributed by atoms with Crippen LogP contribution in [-0.2, 0) is 9.53 Å². The van der Waals surface area contributed by atoms with Crippen LogP contribution in [0.2, 0.25) is 0 Å². The van der Waals surface area contributed by atoms with Crippen molar-refractivity contribution in [2.45, 2.75) is 20.3 Å². The van der Waals surface area contributed by atoms with Crippen molar-refractivity contribution < 1.29 is 9.53 Å². The second kappa shape index (κ2) is 16.6. The minimum absolute atomic E-state index is 0.000303. The van der Waals surface area contributed by atoms with Crippen LogP contribution in [0.4, 0.5) is 0 Å². The molecule has 0 saturated carbocycles. The summed E-state index contributed by atoms with van der Waals surface area (Å²) in [6, 6.07) is 0. The first-order valence-electron chi connectivity index (χ1n) is 8.41. The maximum atomic E-state index is 11.4. The van der Waals surface area contributed by atoms with E-state index >= 15 is 0 Å². The summed E-state index contributed by atoms with van der Waals surface area (Å²) in [5.41, 5.74) is 5.38. The van der Waals surface area contributed by atoms with E-state index in [9.17, 15) is 4.79 Å². The van der Waals surface area contributed by atoms with Crippen LogP contribution in [0.15, 0.2) is 0 Å². The number of esters is 1. The van der Waals surface area contributed by atoms with Crippen molar-refractivity contribution in [3.63, 3.8) is 0 Å². The molecule has 0 amide bonds. The lowest BCUT2D eigenvalue weighted by Gasteiger charge is -2.10. The number of hydrogen-bond acceptors (Lipinski definition) is 7. The van der Waals surface area contributed by atoms with Crippen molar-refractivity contribution >= 4 is 5.97 Å². The van der Waals surface area contributed by atoms with Crippen LogP contribution in [-0.4, -0.2) is 71.5 Å². The molecule has 0 bridgehead atoms. The van der Waals surface area contributed by atoms with Gasteiger partial charge in [-0.2, -0.15) is 0 Å². The molecular formula is C15H35N5O2. The van der Waals surface area contributed by atoms with Crippen molar-refractivity contribution in [3.05, 3.63) is 0 Å². The van der Waals surface area contributed by atoms with Gasteiger partial charge in [-0.3, -0.25) is 4.79 Å². The van der Waals surface area contributed by atoms with Gasteiger partial charge in [0.25, 0.3) is 0 Å². The van der Waals surface area contributed by atoms with Crippen LogP contribution < -0.4 is 27.0 Å². The Labute approximate surface area is 135 Å². The van der Waals surface area contributed by atoms with Crippen LogP contribution in [0.5, 0.6) is 0 Å². The van der Waals surface area contributed by atoms with E-state index in [2.05, 4.69) is 21.3 Å². The Morgan fingerprint density at radius 3 is 1.82 bits per heavy atom. The molecule has 0 heterocycles. The average Bonchev–Trinajstić information content (AvgIpc) is 2.54. The Bertz CT molecular complexity index is 254. The fourth-order valence-electron chi connectivity index (χ4n) is 1.67. The minimum Gasteiger partial charge on any atom is -0.464 e. The zero-order valence-corrected chi connectivity index (χ0v) is 14.2. The molecule has 0 fully saturated rings. The van der Waals surface area contributed by atoms with E-state index in [1.807, 2.05) is 13.8 Å². The largest absolute Gasteiger partial charge is 0.464 e. The summed E-state index contributed by atoms with van der Waals surface area (Å²) in [4.78, 5) is 11.4. The van der Waals surface area contributed by atoms with Gasteiger partial charge in [-0.15, -0.1) is 0 Å². The number of carbonyl (C=O) groups excluding carboxylic acids is 1. The summed E-state index contributed by atoms with van der Waals surface area (Å²) in [5.74, 6) is -0.103.